The Morgan fingerprint density at radius 3 is 1.74 bits per heavy atom. The van der Waals surface area contributed by atoms with Gasteiger partial charge in [-0.3, -0.25) is 0 Å². The zero-order valence-corrected chi connectivity index (χ0v) is 10.2. The van der Waals surface area contributed by atoms with E-state index in [1.54, 1.807) is 0 Å². The van der Waals surface area contributed by atoms with E-state index in [4.69, 9.17) is 4.74 Å². The Kier molecular flexibility index (Phi) is 3.93. The van der Waals surface area contributed by atoms with Crippen LogP contribution in [0.4, 0.5) is 22.0 Å². The van der Waals surface area contributed by atoms with Gasteiger partial charge >= 0.3 is 0 Å². The maximum absolute atomic E-state index is 13.4. The molecule has 2 nitrogen and oxygen atoms in total. The summed E-state index contributed by atoms with van der Waals surface area (Å²) >= 11 is 0. The van der Waals surface area contributed by atoms with E-state index >= 15 is 0 Å². The molecular formula is C12H12F5NO. The molecule has 1 aromatic carbocycles. The van der Waals surface area contributed by atoms with E-state index in [-0.39, 0.29) is 0 Å². The molecule has 0 aliphatic carbocycles. The number of hydrogen-bond acceptors (Lipinski definition) is 2. The van der Waals surface area contributed by atoms with Gasteiger partial charge < -0.3 is 9.64 Å². The Balaban J connectivity index is 2.25. The monoisotopic (exact) mass is 281 g/mol. The number of nitrogens with zero attached hydrogens (tertiary/aromatic N) is 1. The SMILES string of the molecule is CN1CCC(Oc2c(F)c(F)c(F)c(F)c2F)CC1. The Labute approximate surface area is 106 Å². The molecule has 0 radical (unpaired) electrons. The van der Waals surface area contributed by atoms with Crippen molar-refractivity contribution >= 4 is 0 Å². The van der Waals surface area contributed by atoms with Crippen LogP contribution in [0.2, 0.25) is 0 Å². The summed E-state index contributed by atoms with van der Waals surface area (Å²) in [4.78, 5) is 1.98. The van der Waals surface area contributed by atoms with Gasteiger partial charge in [0.05, 0.1) is 0 Å². The van der Waals surface area contributed by atoms with E-state index in [1.807, 2.05) is 11.9 Å². The minimum absolute atomic E-state index is 0.468. The zero-order valence-electron chi connectivity index (χ0n) is 10.2. The molecule has 0 aromatic heterocycles. The van der Waals surface area contributed by atoms with Gasteiger partial charge in [0.25, 0.3) is 0 Å². The van der Waals surface area contributed by atoms with Crippen LogP contribution in [0, 0.1) is 29.1 Å². The maximum atomic E-state index is 13.4. The molecule has 2 rings (SSSR count). The first kappa shape index (κ1) is 14.0. The van der Waals surface area contributed by atoms with Gasteiger partial charge in [0.2, 0.25) is 29.1 Å². The molecule has 0 saturated carbocycles. The second kappa shape index (κ2) is 5.32. The van der Waals surface area contributed by atoms with E-state index in [0.29, 0.717) is 25.9 Å². The average Bonchev–Trinajstić information content (AvgIpc) is 2.41. The summed E-state index contributed by atoms with van der Waals surface area (Å²) < 4.78 is 70.5. The van der Waals surface area contributed by atoms with Gasteiger partial charge in [-0.15, -0.1) is 0 Å². The van der Waals surface area contributed by atoms with Crippen LogP contribution in [0.15, 0.2) is 0 Å². The molecule has 1 aliphatic heterocycles. The third kappa shape index (κ3) is 2.65. The fourth-order valence-corrected chi connectivity index (χ4v) is 1.96. The van der Waals surface area contributed by atoms with Crippen LogP contribution < -0.4 is 4.74 Å². The molecule has 106 valence electrons. The van der Waals surface area contributed by atoms with Crippen molar-refractivity contribution in [2.24, 2.45) is 0 Å². The van der Waals surface area contributed by atoms with Crippen molar-refractivity contribution in [1.82, 2.24) is 4.90 Å². The van der Waals surface area contributed by atoms with E-state index < -0.39 is 40.9 Å². The maximum Gasteiger partial charge on any atom is 0.207 e. The van der Waals surface area contributed by atoms with Gasteiger partial charge in [-0.1, -0.05) is 0 Å². The largest absolute Gasteiger partial charge is 0.484 e. The number of halogens is 5. The highest BCUT2D eigenvalue weighted by atomic mass is 19.2. The van der Waals surface area contributed by atoms with E-state index in [1.165, 1.54) is 0 Å². The summed E-state index contributed by atoms with van der Waals surface area (Å²) in [6, 6.07) is 0. The Bertz CT molecular complexity index is 456. The first-order valence-corrected chi connectivity index (χ1v) is 5.78. The summed E-state index contributed by atoms with van der Waals surface area (Å²) in [6.45, 7) is 1.28. The molecule has 19 heavy (non-hydrogen) atoms. The fourth-order valence-electron chi connectivity index (χ4n) is 1.96. The van der Waals surface area contributed by atoms with Crippen LogP contribution in [0.5, 0.6) is 5.75 Å². The summed E-state index contributed by atoms with van der Waals surface area (Å²) in [5, 5.41) is 0. The molecule has 1 fully saturated rings. The Morgan fingerprint density at radius 1 is 0.842 bits per heavy atom. The highest BCUT2D eigenvalue weighted by Crippen LogP contribution is 2.31. The lowest BCUT2D eigenvalue weighted by Crippen LogP contribution is -2.36. The minimum atomic E-state index is -2.18. The lowest BCUT2D eigenvalue weighted by Gasteiger charge is -2.29. The van der Waals surface area contributed by atoms with Crippen molar-refractivity contribution in [2.75, 3.05) is 20.1 Å². The van der Waals surface area contributed by atoms with Crippen molar-refractivity contribution in [1.29, 1.82) is 0 Å². The predicted molar refractivity (Wildman–Crippen MR) is 57.4 cm³/mol. The molecule has 0 spiro atoms. The molecule has 0 unspecified atom stereocenters. The number of benzene rings is 1. The fraction of sp³-hybridized carbons (Fsp3) is 0.500. The molecular weight excluding hydrogens is 269 g/mol. The number of hydrogen-bond donors (Lipinski definition) is 0. The average molecular weight is 281 g/mol. The predicted octanol–water partition coefficient (Wildman–Crippen LogP) is 2.86. The molecule has 0 amide bonds. The first-order valence-electron chi connectivity index (χ1n) is 5.78. The Hall–Kier alpha value is -1.37. The molecule has 7 heteroatoms. The van der Waals surface area contributed by atoms with Crippen LogP contribution in [-0.2, 0) is 0 Å². The van der Waals surface area contributed by atoms with Crippen molar-refractivity contribution in [3.8, 4) is 5.75 Å². The van der Waals surface area contributed by atoms with E-state index in [9.17, 15) is 22.0 Å². The molecule has 1 aromatic rings. The van der Waals surface area contributed by atoms with E-state index in [0.717, 1.165) is 0 Å². The van der Waals surface area contributed by atoms with Crippen LogP contribution in [0.1, 0.15) is 12.8 Å². The summed E-state index contributed by atoms with van der Waals surface area (Å²) in [5.74, 6) is -11.2. The Morgan fingerprint density at radius 2 is 1.26 bits per heavy atom. The highest BCUT2D eigenvalue weighted by Gasteiger charge is 2.29. The summed E-state index contributed by atoms with van der Waals surface area (Å²) in [5.41, 5.74) is 0. The number of ether oxygens (including phenoxy) is 1. The van der Waals surface area contributed by atoms with Gasteiger partial charge in [-0.25, -0.2) is 13.2 Å². The molecule has 1 saturated heterocycles. The van der Waals surface area contributed by atoms with Crippen molar-refractivity contribution in [3.05, 3.63) is 29.1 Å². The van der Waals surface area contributed by atoms with Crippen LogP contribution in [0.25, 0.3) is 0 Å². The highest BCUT2D eigenvalue weighted by molar-refractivity contribution is 5.30. The first-order chi connectivity index (χ1) is 8.91. The molecule has 1 heterocycles. The lowest BCUT2D eigenvalue weighted by molar-refractivity contribution is 0.103. The van der Waals surface area contributed by atoms with Gasteiger partial charge in [0.15, 0.2) is 5.75 Å². The second-order valence-corrected chi connectivity index (χ2v) is 4.52. The van der Waals surface area contributed by atoms with Crippen LogP contribution in [0.3, 0.4) is 0 Å². The van der Waals surface area contributed by atoms with Gasteiger partial charge in [-0.05, 0) is 19.9 Å². The lowest BCUT2D eigenvalue weighted by atomic mass is 10.1. The second-order valence-electron chi connectivity index (χ2n) is 4.52. The van der Waals surface area contributed by atoms with E-state index in [2.05, 4.69) is 0 Å². The minimum Gasteiger partial charge on any atom is -0.484 e. The topological polar surface area (TPSA) is 12.5 Å². The molecule has 0 N–H and O–H groups in total. The smallest absolute Gasteiger partial charge is 0.207 e. The summed E-state index contributed by atoms with van der Waals surface area (Å²) in [7, 11) is 1.87. The van der Waals surface area contributed by atoms with Crippen LogP contribution in [-0.4, -0.2) is 31.1 Å². The molecule has 0 bridgehead atoms. The third-order valence-electron chi connectivity index (χ3n) is 3.12. The zero-order chi connectivity index (χ0) is 14.2. The molecule has 1 aliphatic rings. The normalized spacial score (nSPS) is 17.8. The van der Waals surface area contributed by atoms with Crippen LogP contribution >= 0.6 is 0 Å². The number of likely N-dealkylation sites (tertiary alicyclic amines) is 1. The van der Waals surface area contributed by atoms with Gasteiger partial charge in [0.1, 0.15) is 6.10 Å². The van der Waals surface area contributed by atoms with Gasteiger partial charge in [-0.2, -0.15) is 8.78 Å². The quantitative estimate of drug-likeness (QED) is 0.469. The molecule has 0 atom stereocenters. The summed E-state index contributed by atoms with van der Waals surface area (Å²) in [6.07, 6.45) is 0.385. The number of rotatable bonds is 2. The third-order valence-corrected chi connectivity index (χ3v) is 3.12. The van der Waals surface area contributed by atoms with Crippen molar-refractivity contribution in [2.45, 2.75) is 18.9 Å². The standard InChI is InChI=1S/C12H12F5NO/c1-18-4-2-6(3-5-18)19-12-10(16)8(14)7(13)9(15)11(12)17/h6H,2-5H2,1H3. The van der Waals surface area contributed by atoms with Crippen molar-refractivity contribution in [3.63, 3.8) is 0 Å². The van der Waals surface area contributed by atoms with Gasteiger partial charge in [0, 0.05) is 13.1 Å². The van der Waals surface area contributed by atoms with Crippen molar-refractivity contribution < 1.29 is 26.7 Å². The number of piperidine rings is 1.